The van der Waals surface area contributed by atoms with E-state index < -0.39 is 15.5 Å². The number of carbonyl (C=O) groups is 1. The van der Waals surface area contributed by atoms with E-state index in [1.54, 1.807) is 48.4 Å². The number of likely N-dealkylation sites (tertiary alicyclic amines) is 1. The number of amides is 1. The number of ether oxygens (including phenoxy) is 1. The molecule has 1 aliphatic rings. The van der Waals surface area contributed by atoms with E-state index in [1.165, 1.54) is 0 Å². The fourth-order valence-electron chi connectivity index (χ4n) is 3.96. The molecule has 1 aliphatic heterocycles. The largest absolute Gasteiger partial charge is 0.497 e. The third kappa shape index (κ3) is 5.27. The predicted octanol–water partition coefficient (Wildman–Crippen LogP) is 4.45. The zero-order valence-corrected chi connectivity index (χ0v) is 18.8. The molecule has 0 saturated carbocycles. The fraction of sp³-hybridized carbons (Fsp3) is 0.381. The second-order valence-electron chi connectivity index (χ2n) is 7.50. The van der Waals surface area contributed by atoms with Crippen molar-refractivity contribution in [1.29, 1.82) is 0 Å². The molecule has 0 radical (unpaired) electrons. The van der Waals surface area contributed by atoms with E-state index in [1.807, 2.05) is 6.07 Å². The van der Waals surface area contributed by atoms with Crippen LogP contribution in [0.1, 0.15) is 35.2 Å². The first-order valence-electron chi connectivity index (χ1n) is 9.48. The minimum Gasteiger partial charge on any atom is -0.497 e. The lowest BCUT2D eigenvalue weighted by molar-refractivity contribution is 0.0782. The maximum Gasteiger partial charge on any atom is 0.264 e. The van der Waals surface area contributed by atoms with Crippen molar-refractivity contribution >= 4 is 39.2 Å². The molecule has 0 bridgehead atoms. The van der Waals surface area contributed by atoms with Crippen LogP contribution in [-0.2, 0) is 15.5 Å². The van der Waals surface area contributed by atoms with Crippen LogP contribution in [0.25, 0.3) is 0 Å². The minimum absolute atomic E-state index is 0.102. The molecule has 1 heterocycles. The van der Waals surface area contributed by atoms with Crippen LogP contribution in [0.15, 0.2) is 42.5 Å². The summed E-state index contributed by atoms with van der Waals surface area (Å²) < 4.78 is 36.7. The third-order valence-electron chi connectivity index (χ3n) is 5.57. The standard InChI is InChI=1S/C21H23Cl2NO5S/c1-29-17-6-3-15(4-7-17)20(25)24-11-10-21(14-24,9-2-12-30(26,27)28)16-5-8-18(22)19(23)13-16/h3-8,13H,2,9-12,14H2,1H3,(H,26,27,28)/t21-/m1/s1. The van der Waals surface area contributed by atoms with Crippen LogP contribution in [0.2, 0.25) is 10.0 Å². The van der Waals surface area contributed by atoms with E-state index in [-0.39, 0.29) is 18.1 Å². The van der Waals surface area contributed by atoms with Gasteiger partial charge in [-0.3, -0.25) is 9.35 Å². The van der Waals surface area contributed by atoms with E-state index >= 15 is 0 Å². The molecule has 0 unspecified atom stereocenters. The Hall–Kier alpha value is -1.80. The number of carbonyl (C=O) groups excluding carboxylic acids is 1. The summed E-state index contributed by atoms with van der Waals surface area (Å²) in [5, 5.41) is 0.834. The Morgan fingerprint density at radius 1 is 1.17 bits per heavy atom. The maximum atomic E-state index is 13.0. The van der Waals surface area contributed by atoms with Crippen LogP contribution < -0.4 is 4.74 Å². The highest BCUT2D eigenvalue weighted by atomic mass is 35.5. The van der Waals surface area contributed by atoms with Gasteiger partial charge in [-0.25, -0.2) is 0 Å². The molecule has 9 heteroatoms. The van der Waals surface area contributed by atoms with Gasteiger partial charge >= 0.3 is 0 Å². The first-order chi connectivity index (χ1) is 14.1. The fourth-order valence-corrected chi connectivity index (χ4v) is 4.77. The lowest BCUT2D eigenvalue weighted by Gasteiger charge is -2.30. The molecule has 6 nitrogen and oxygen atoms in total. The number of rotatable bonds is 7. The highest BCUT2D eigenvalue weighted by molar-refractivity contribution is 7.85. The molecule has 3 rings (SSSR count). The minimum atomic E-state index is -4.06. The Morgan fingerprint density at radius 3 is 2.47 bits per heavy atom. The molecule has 30 heavy (non-hydrogen) atoms. The predicted molar refractivity (Wildman–Crippen MR) is 117 cm³/mol. The summed E-state index contributed by atoms with van der Waals surface area (Å²) in [5.74, 6) is 0.236. The average Bonchev–Trinajstić information content (AvgIpc) is 3.14. The lowest BCUT2D eigenvalue weighted by Crippen LogP contribution is -2.35. The molecule has 1 saturated heterocycles. The van der Waals surface area contributed by atoms with Gasteiger partial charge in [0, 0.05) is 24.1 Å². The van der Waals surface area contributed by atoms with Crippen LogP contribution in [0, 0.1) is 0 Å². The molecule has 1 amide bonds. The lowest BCUT2D eigenvalue weighted by atomic mass is 9.76. The van der Waals surface area contributed by atoms with E-state index in [2.05, 4.69) is 0 Å². The van der Waals surface area contributed by atoms with Crippen molar-refractivity contribution in [2.75, 3.05) is 26.0 Å². The zero-order chi connectivity index (χ0) is 21.9. The average molecular weight is 472 g/mol. The number of nitrogens with zero attached hydrogens (tertiary/aromatic N) is 1. The summed E-state index contributed by atoms with van der Waals surface area (Å²) in [4.78, 5) is 14.8. The van der Waals surface area contributed by atoms with Crippen molar-refractivity contribution in [3.8, 4) is 5.75 Å². The summed E-state index contributed by atoms with van der Waals surface area (Å²) in [6, 6.07) is 12.3. The van der Waals surface area contributed by atoms with Crippen LogP contribution in [0.5, 0.6) is 5.75 Å². The van der Waals surface area contributed by atoms with Gasteiger partial charge in [-0.1, -0.05) is 29.3 Å². The maximum absolute atomic E-state index is 13.0. The first kappa shape index (κ1) is 22.9. The van der Waals surface area contributed by atoms with Crippen molar-refractivity contribution in [1.82, 2.24) is 4.90 Å². The van der Waals surface area contributed by atoms with E-state index in [4.69, 9.17) is 32.5 Å². The van der Waals surface area contributed by atoms with Gasteiger partial charge in [0.05, 0.1) is 22.9 Å². The quantitative estimate of drug-likeness (QED) is 0.602. The van der Waals surface area contributed by atoms with Gasteiger partial charge in [-0.2, -0.15) is 8.42 Å². The Bertz CT molecular complexity index is 1030. The van der Waals surface area contributed by atoms with E-state index in [0.29, 0.717) is 47.3 Å². The molecule has 1 fully saturated rings. The van der Waals surface area contributed by atoms with Gasteiger partial charge in [0.25, 0.3) is 16.0 Å². The molecular formula is C21H23Cl2NO5S. The topological polar surface area (TPSA) is 83.9 Å². The summed E-state index contributed by atoms with van der Waals surface area (Å²) in [7, 11) is -2.49. The molecule has 1 atom stereocenters. The molecule has 162 valence electrons. The van der Waals surface area contributed by atoms with Crippen LogP contribution in [-0.4, -0.2) is 49.7 Å². The smallest absolute Gasteiger partial charge is 0.264 e. The Morgan fingerprint density at radius 2 is 1.87 bits per heavy atom. The normalized spacial score (nSPS) is 19.1. The highest BCUT2D eigenvalue weighted by Gasteiger charge is 2.41. The number of methoxy groups -OCH3 is 1. The molecule has 0 aromatic heterocycles. The van der Waals surface area contributed by atoms with Crippen LogP contribution >= 0.6 is 23.2 Å². The SMILES string of the molecule is COc1ccc(C(=O)N2CC[C@@](CCCS(=O)(=O)O)(c3ccc(Cl)c(Cl)c3)C2)cc1. The molecule has 0 spiro atoms. The third-order valence-corrected chi connectivity index (χ3v) is 7.11. The second-order valence-corrected chi connectivity index (χ2v) is 9.89. The molecule has 1 N–H and O–H groups in total. The van der Waals surface area contributed by atoms with E-state index in [9.17, 15) is 13.2 Å². The van der Waals surface area contributed by atoms with Crippen LogP contribution in [0.3, 0.4) is 0 Å². The molecular weight excluding hydrogens is 449 g/mol. The summed E-state index contributed by atoms with van der Waals surface area (Å²) in [5.41, 5.74) is 0.983. The van der Waals surface area contributed by atoms with Gasteiger partial charge in [-0.15, -0.1) is 0 Å². The Labute approximate surface area is 186 Å². The number of benzene rings is 2. The van der Waals surface area contributed by atoms with Crippen molar-refractivity contribution in [2.24, 2.45) is 0 Å². The second kappa shape index (κ2) is 9.14. The zero-order valence-electron chi connectivity index (χ0n) is 16.5. The Balaban J connectivity index is 1.85. The van der Waals surface area contributed by atoms with Gasteiger partial charge in [0.1, 0.15) is 5.75 Å². The highest BCUT2D eigenvalue weighted by Crippen LogP contribution is 2.41. The van der Waals surface area contributed by atoms with Crippen molar-refractivity contribution in [2.45, 2.75) is 24.7 Å². The number of hydrogen-bond donors (Lipinski definition) is 1. The molecule has 0 aliphatic carbocycles. The number of hydrogen-bond acceptors (Lipinski definition) is 4. The van der Waals surface area contributed by atoms with Crippen molar-refractivity contribution < 1.29 is 22.5 Å². The van der Waals surface area contributed by atoms with Gasteiger partial charge < -0.3 is 9.64 Å². The summed E-state index contributed by atoms with van der Waals surface area (Å²) in [6.45, 7) is 0.943. The van der Waals surface area contributed by atoms with E-state index in [0.717, 1.165) is 5.56 Å². The monoisotopic (exact) mass is 471 g/mol. The molecule has 2 aromatic carbocycles. The van der Waals surface area contributed by atoms with Gasteiger partial charge in [0.15, 0.2) is 0 Å². The van der Waals surface area contributed by atoms with Crippen LogP contribution in [0.4, 0.5) is 0 Å². The summed E-state index contributed by atoms with van der Waals surface area (Å²) >= 11 is 12.3. The van der Waals surface area contributed by atoms with Crippen molar-refractivity contribution in [3.05, 3.63) is 63.6 Å². The Kier molecular flexibility index (Phi) is 6.97. The van der Waals surface area contributed by atoms with Crippen molar-refractivity contribution in [3.63, 3.8) is 0 Å². The first-order valence-corrected chi connectivity index (χ1v) is 11.8. The molecule has 2 aromatic rings. The van der Waals surface area contributed by atoms with Gasteiger partial charge in [0.2, 0.25) is 0 Å². The number of halogens is 2. The van der Waals surface area contributed by atoms with Gasteiger partial charge in [-0.05, 0) is 61.2 Å². The summed E-state index contributed by atoms with van der Waals surface area (Å²) in [6.07, 6.45) is 1.40.